The van der Waals surface area contributed by atoms with Crippen LogP contribution in [-0.4, -0.2) is 24.2 Å². The second kappa shape index (κ2) is 7.16. The highest BCUT2D eigenvalue weighted by Crippen LogP contribution is 2.36. The monoisotopic (exact) mass is 336 g/mol. The van der Waals surface area contributed by atoms with Crippen LogP contribution < -0.4 is 10.1 Å². The number of ether oxygens (including phenoxy) is 1. The third kappa shape index (κ3) is 3.35. The molecule has 0 spiro atoms. The molecule has 4 heteroatoms. The topological polar surface area (TPSA) is 34.1 Å². The molecular weight excluding hydrogens is 316 g/mol. The predicted molar refractivity (Wildman–Crippen MR) is 99.5 cm³/mol. The van der Waals surface area contributed by atoms with E-state index in [0.29, 0.717) is 0 Å². The van der Waals surface area contributed by atoms with Crippen LogP contribution >= 0.6 is 11.3 Å². The number of thiazole rings is 1. The minimum Gasteiger partial charge on any atom is -0.490 e. The van der Waals surface area contributed by atoms with Gasteiger partial charge in [-0.05, 0) is 49.2 Å². The fraction of sp³-hybridized carbons (Fsp3) is 0.250. The molecule has 122 valence electrons. The maximum Gasteiger partial charge on any atom is 0.130 e. The van der Waals surface area contributed by atoms with Gasteiger partial charge >= 0.3 is 0 Å². The number of hydrogen-bond donors (Lipinski definition) is 1. The van der Waals surface area contributed by atoms with Crippen LogP contribution in [0.15, 0.2) is 60.1 Å². The van der Waals surface area contributed by atoms with E-state index in [1.54, 1.807) is 11.3 Å². The molecular formula is C20H20N2OS. The van der Waals surface area contributed by atoms with Gasteiger partial charge in [0.1, 0.15) is 16.9 Å². The number of hydrogen-bond acceptors (Lipinski definition) is 4. The molecule has 1 aliphatic heterocycles. The molecule has 1 aliphatic rings. The maximum atomic E-state index is 6.40. The van der Waals surface area contributed by atoms with E-state index >= 15 is 0 Å². The van der Waals surface area contributed by atoms with Crippen LogP contribution in [0.4, 0.5) is 0 Å². The highest BCUT2D eigenvalue weighted by atomic mass is 32.1. The zero-order valence-electron chi connectivity index (χ0n) is 13.4. The molecule has 0 aliphatic carbocycles. The van der Waals surface area contributed by atoms with E-state index in [0.717, 1.165) is 42.3 Å². The summed E-state index contributed by atoms with van der Waals surface area (Å²) in [6.45, 7) is 2.05. The van der Waals surface area contributed by atoms with Gasteiger partial charge in [-0.3, -0.25) is 0 Å². The highest BCUT2D eigenvalue weighted by Gasteiger charge is 2.18. The quantitative estimate of drug-likeness (QED) is 0.755. The fourth-order valence-electron chi connectivity index (χ4n) is 3.06. The third-order valence-corrected chi connectivity index (χ3v) is 5.14. The molecule has 3 nitrogen and oxygen atoms in total. The molecule has 0 radical (unpaired) electrons. The SMILES string of the molecule is c1ccc(-c2ccc(-c3nccs3)c(OC3CCNCC3)c2)cc1. The summed E-state index contributed by atoms with van der Waals surface area (Å²) >= 11 is 1.65. The molecule has 0 amide bonds. The summed E-state index contributed by atoms with van der Waals surface area (Å²) in [6.07, 6.45) is 4.22. The molecule has 1 aromatic heterocycles. The van der Waals surface area contributed by atoms with E-state index in [1.807, 2.05) is 17.6 Å². The minimum atomic E-state index is 0.274. The van der Waals surface area contributed by atoms with Crippen molar-refractivity contribution >= 4 is 11.3 Å². The zero-order chi connectivity index (χ0) is 16.2. The molecule has 3 aromatic rings. The molecule has 2 aromatic carbocycles. The van der Waals surface area contributed by atoms with E-state index < -0.39 is 0 Å². The Kier molecular flexibility index (Phi) is 4.58. The Morgan fingerprint density at radius 3 is 2.58 bits per heavy atom. The Morgan fingerprint density at radius 1 is 1.00 bits per heavy atom. The second-order valence-electron chi connectivity index (χ2n) is 5.98. The molecule has 0 unspecified atom stereocenters. The molecule has 0 bridgehead atoms. The van der Waals surface area contributed by atoms with Crippen LogP contribution in [0.1, 0.15) is 12.8 Å². The Labute approximate surface area is 146 Å². The lowest BCUT2D eigenvalue weighted by atomic mass is 10.0. The molecule has 1 saturated heterocycles. The van der Waals surface area contributed by atoms with Crippen molar-refractivity contribution in [3.63, 3.8) is 0 Å². The summed E-state index contributed by atoms with van der Waals surface area (Å²) in [5.74, 6) is 0.943. The molecule has 0 atom stereocenters. The van der Waals surface area contributed by atoms with Crippen molar-refractivity contribution in [3.8, 4) is 27.4 Å². The third-order valence-electron chi connectivity index (χ3n) is 4.33. The minimum absolute atomic E-state index is 0.274. The number of aromatic nitrogens is 1. The van der Waals surface area contributed by atoms with Crippen molar-refractivity contribution < 1.29 is 4.74 Å². The first-order valence-corrected chi connectivity index (χ1v) is 9.25. The molecule has 1 fully saturated rings. The van der Waals surface area contributed by atoms with Gasteiger partial charge in [-0.1, -0.05) is 36.4 Å². The van der Waals surface area contributed by atoms with E-state index in [-0.39, 0.29) is 6.10 Å². The Morgan fingerprint density at radius 2 is 1.83 bits per heavy atom. The normalized spacial score (nSPS) is 15.3. The first kappa shape index (κ1) is 15.4. The molecule has 0 saturated carbocycles. The molecule has 1 N–H and O–H groups in total. The van der Waals surface area contributed by atoms with Crippen molar-refractivity contribution in [2.45, 2.75) is 18.9 Å². The van der Waals surface area contributed by atoms with Crippen LogP contribution in [0, 0.1) is 0 Å². The van der Waals surface area contributed by atoms with Gasteiger partial charge in [-0.25, -0.2) is 4.98 Å². The van der Waals surface area contributed by atoms with Gasteiger partial charge in [-0.2, -0.15) is 0 Å². The summed E-state index contributed by atoms with van der Waals surface area (Å²) < 4.78 is 6.40. The number of nitrogens with one attached hydrogen (secondary N) is 1. The summed E-state index contributed by atoms with van der Waals surface area (Å²) in [4.78, 5) is 4.47. The van der Waals surface area contributed by atoms with Gasteiger partial charge < -0.3 is 10.1 Å². The first-order chi connectivity index (χ1) is 11.9. The summed E-state index contributed by atoms with van der Waals surface area (Å²) in [5.41, 5.74) is 3.47. The average Bonchev–Trinajstić information content (AvgIpc) is 3.18. The van der Waals surface area contributed by atoms with Crippen molar-refractivity contribution in [2.75, 3.05) is 13.1 Å². The highest BCUT2D eigenvalue weighted by molar-refractivity contribution is 7.13. The Balaban J connectivity index is 1.71. The van der Waals surface area contributed by atoms with E-state index in [1.165, 1.54) is 11.1 Å². The maximum absolute atomic E-state index is 6.40. The van der Waals surface area contributed by atoms with Gasteiger partial charge in [0.2, 0.25) is 0 Å². The van der Waals surface area contributed by atoms with Crippen LogP contribution in [0.3, 0.4) is 0 Å². The number of nitrogens with zero attached hydrogens (tertiary/aromatic N) is 1. The van der Waals surface area contributed by atoms with Gasteiger partial charge in [0.05, 0.1) is 5.56 Å². The number of piperidine rings is 1. The molecule has 4 rings (SSSR count). The summed E-state index contributed by atoms with van der Waals surface area (Å²) in [6, 6.07) is 16.9. The summed E-state index contributed by atoms with van der Waals surface area (Å²) in [7, 11) is 0. The predicted octanol–water partition coefficient (Wildman–Crippen LogP) is 4.61. The van der Waals surface area contributed by atoms with Crippen LogP contribution in [0.2, 0.25) is 0 Å². The van der Waals surface area contributed by atoms with Crippen molar-refractivity contribution in [3.05, 3.63) is 60.1 Å². The second-order valence-corrected chi connectivity index (χ2v) is 6.88. The van der Waals surface area contributed by atoms with Crippen molar-refractivity contribution in [1.82, 2.24) is 10.3 Å². The largest absolute Gasteiger partial charge is 0.490 e. The van der Waals surface area contributed by atoms with Gasteiger partial charge in [0.25, 0.3) is 0 Å². The van der Waals surface area contributed by atoms with Crippen molar-refractivity contribution in [2.24, 2.45) is 0 Å². The lowest BCUT2D eigenvalue weighted by molar-refractivity contribution is 0.163. The molecule has 24 heavy (non-hydrogen) atoms. The van der Waals surface area contributed by atoms with Gasteiger partial charge in [0, 0.05) is 11.6 Å². The summed E-state index contributed by atoms with van der Waals surface area (Å²) in [5, 5.41) is 6.41. The fourth-order valence-corrected chi connectivity index (χ4v) is 3.72. The van der Waals surface area contributed by atoms with Gasteiger partial charge in [-0.15, -0.1) is 11.3 Å². The van der Waals surface area contributed by atoms with Crippen LogP contribution in [-0.2, 0) is 0 Å². The standard InChI is InChI=1S/C20H20N2OS/c1-2-4-15(5-3-1)16-6-7-18(20-22-12-13-24-20)19(14-16)23-17-8-10-21-11-9-17/h1-7,12-14,17,21H,8-11H2. The first-order valence-electron chi connectivity index (χ1n) is 8.37. The Hall–Kier alpha value is -2.17. The molecule has 2 heterocycles. The van der Waals surface area contributed by atoms with E-state index in [2.05, 4.69) is 52.8 Å². The van der Waals surface area contributed by atoms with E-state index in [9.17, 15) is 0 Å². The Bertz CT molecular complexity index is 781. The van der Waals surface area contributed by atoms with Gasteiger partial charge in [0.15, 0.2) is 0 Å². The van der Waals surface area contributed by atoms with Crippen LogP contribution in [0.25, 0.3) is 21.7 Å². The smallest absolute Gasteiger partial charge is 0.130 e. The lowest BCUT2D eigenvalue weighted by Crippen LogP contribution is -2.34. The lowest BCUT2D eigenvalue weighted by Gasteiger charge is -2.25. The zero-order valence-corrected chi connectivity index (χ0v) is 14.3. The average molecular weight is 336 g/mol. The van der Waals surface area contributed by atoms with Crippen molar-refractivity contribution in [1.29, 1.82) is 0 Å². The van der Waals surface area contributed by atoms with Crippen LogP contribution in [0.5, 0.6) is 5.75 Å². The number of rotatable bonds is 4. The number of benzene rings is 2. The van der Waals surface area contributed by atoms with E-state index in [4.69, 9.17) is 4.74 Å².